The highest BCUT2D eigenvalue weighted by Crippen LogP contribution is 2.35. The molecule has 3 aromatic rings. The van der Waals surface area contributed by atoms with Gasteiger partial charge in [0.2, 0.25) is 0 Å². The van der Waals surface area contributed by atoms with Crippen molar-refractivity contribution in [2.45, 2.75) is 43.0 Å². The largest absolute Gasteiger partial charge is 0.334 e. The Morgan fingerprint density at radius 2 is 1.66 bits per heavy atom. The Bertz CT molecular complexity index is 1070. The SMILES string of the molecule is Cc1ccc(NS(=O)(=O)c2ccc(-c3nc(C4(N)CCCC4)no3)cc2)cc1.Cl. The molecule has 0 saturated heterocycles. The van der Waals surface area contributed by atoms with E-state index < -0.39 is 15.6 Å². The van der Waals surface area contributed by atoms with Crippen molar-refractivity contribution in [2.24, 2.45) is 5.73 Å². The number of halogens is 1. The predicted molar refractivity (Wildman–Crippen MR) is 113 cm³/mol. The Labute approximate surface area is 176 Å². The van der Waals surface area contributed by atoms with Gasteiger partial charge in [0.25, 0.3) is 15.9 Å². The first-order valence-corrected chi connectivity index (χ1v) is 10.7. The third-order valence-electron chi connectivity index (χ3n) is 5.08. The summed E-state index contributed by atoms with van der Waals surface area (Å²) in [5.41, 5.74) is 8.06. The minimum atomic E-state index is -3.68. The Hall–Kier alpha value is -2.42. The second kappa shape index (κ2) is 8.14. The molecule has 0 amide bonds. The maximum Gasteiger partial charge on any atom is 0.261 e. The van der Waals surface area contributed by atoms with E-state index in [-0.39, 0.29) is 17.3 Å². The van der Waals surface area contributed by atoms with Crippen molar-refractivity contribution in [3.8, 4) is 11.5 Å². The lowest BCUT2D eigenvalue weighted by molar-refractivity contribution is 0.372. The van der Waals surface area contributed by atoms with Crippen LogP contribution in [0.4, 0.5) is 5.69 Å². The average molecular weight is 435 g/mol. The fourth-order valence-corrected chi connectivity index (χ4v) is 4.44. The number of sulfonamides is 1. The van der Waals surface area contributed by atoms with Gasteiger partial charge in [-0.3, -0.25) is 4.72 Å². The van der Waals surface area contributed by atoms with Gasteiger partial charge in [-0.05, 0) is 56.2 Å². The van der Waals surface area contributed by atoms with Gasteiger partial charge < -0.3 is 10.3 Å². The van der Waals surface area contributed by atoms with Crippen LogP contribution in [0.25, 0.3) is 11.5 Å². The number of rotatable bonds is 5. The number of anilines is 1. The van der Waals surface area contributed by atoms with Crippen molar-refractivity contribution >= 4 is 28.1 Å². The maximum absolute atomic E-state index is 12.6. The normalized spacial score (nSPS) is 15.7. The molecule has 1 aromatic heterocycles. The smallest absolute Gasteiger partial charge is 0.261 e. The van der Waals surface area contributed by atoms with Gasteiger partial charge in [0.05, 0.1) is 10.4 Å². The van der Waals surface area contributed by atoms with Crippen molar-refractivity contribution in [3.05, 3.63) is 59.9 Å². The molecule has 0 unspecified atom stereocenters. The van der Waals surface area contributed by atoms with Crippen LogP contribution in [0.2, 0.25) is 0 Å². The number of hydrogen-bond acceptors (Lipinski definition) is 6. The summed E-state index contributed by atoms with van der Waals surface area (Å²) >= 11 is 0. The van der Waals surface area contributed by atoms with Crippen LogP contribution >= 0.6 is 12.4 Å². The maximum atomic E-state index is 12.6. The van der Waals surface area contributed by atoms with E-state index >= 15 is 0 Å². The van der Waals surface area contributed by atoms with Crippen LogP contribution in [-0.4, -0.2) is 18.6 Å². The molecule has 1 aliphatic carbocycles. The monoisotopic (exact) mass is 434 g/mol. The number of aryl methyl sites for hydroxylation is 1. The second-order valence-corrected chi connectivity index (χ2v) is 8.96. The fraction of sp³-hybridized carbons (Fsp3) is 0.300. The number of nitrogens with two attached hydrogens (primary N) is 1. The highest BCUT2D eigenvalue weighted by molar-refractivity contribution is 7.92. The van der Waals surface area contributed by atoms with Crippen LogP contribution in [0.15, 0.2) is 57.9 Å². The zero-order valence-corrected chi connectivity index (χ0v) is 17.6. The number of nitrogens with zero attached hydrogens (tertiary/aromatic N) is 2. The van der Waals surface area contributed by atoms with Gasteiger partial charge >= 0.3 is 0 Å². The quantitative estimate of drug-likeness (QED) is 0.627. The summed E-state index contributed by atoms with van der Waals surface area (Å²) in [6, 6.07) is 13.5. The molecule has 1 heterocycles. The molecule has 1 aliphatic rings. The zero-order valence-electron chi connectivity index (χ0n) is 16.0. The molecule has 4 rings (SSSR count). The van der Waals surface area contributed by atoms with Crippen LogP contribution in [0, 0.1) is 6.92 Å². The molecule has 0 atom stereocenters. The van der Waals surface area contributed by atoms with E-state index in [0.717, 1.165) is 31.2 Å². The minimum Gasteiger partial charge on any atom is -0.334 e. The molecule has 9 heteroatoms. The first kappa shape index (κ1) is 21.3. The van der Waals surface area contributed by atoms with E-state index in [2.05, 4.69) is 14.9 Å². The molecule has 0 bridgehead atoms. The third-order valence-corrected chi connectivity index (χ3v) is 6.48. The highest BCUT2D eigenvalue weighted by atomic mass is 35.5. The van der Waals surface area contributed by atoms with Crippen LogP contribution in [0.1, 0.15) is 37.1 Å². The van der Waals surface area contributed by atoms with Crippen LogP contribution in [0.5, 0.6) is 0 Å². The molecular weight excluding hydrogens is 412 g/mol. The molecule has 29 heavy (non-hydrogen) atoms. The summed E-state index contributed by atoms with van der Waals surface area (Å²) in [5.74, 6) is 0.847. The molecular formula is C20H23ClN4O3S. The van der Waals surface area contributed by atoms with Gasteiger partial charge in [0.15, 0.2) is 5.82 Å². The van der Waals surface area contributed by atoms with E-state index in [9.17, 15) is 8.42 Å². The van der Waals surface area contributed by atoms with E-state index in [1.54, 1.807) is 24.3 Å². The lowest BCUT2D eigenvalue weighted by atomic mass is 9.99. The first-order valence-electron chi connectivity index (χ1n) is 9.19. The predicted octanol–water partition coefficient (Wildman–Crippen LogP) is 4.00. The molecule has 0 aliphatic heterocycles. The zero-order chi connectivity index (χ0) is 19.8. The van der Waals surface area contributed by atoms with Gasteiger partial charge in [0.1, 0.15) is 0 Å². The van der Waals surface area contributed by atoms with E-state index in [1.807, 2.05) is 19.1 Å². The third kappa shape index (κ3) is 4.44. The van der Waals surface area contributed by atoms with Crippen LogP contribution < -0.4 is 10.5 Å². The van der Waals surface area contributed by atoms with Crippen molar-refractivity contribution in [2.75, 3.05) is 4.72 Å². The lowest BCUT2D eigenvalue weighted by Gasteiger charge is -2.17. The first-order chi connectivity index (χ1) is 13.4. The summed E-state index contributed by atoms with van der Waals surface area (Å²) in [5, 5.41) is 4.04. The molecule has 0 spiro atoms. The molecule has 3 N–H and O–H groups in total. The van der Waals surface area contributed by atoms with E-state index in [0.29, 0.717) is 23.0 Å². The highest BCUT2D eigenvalue weighted by Gasteiger charge is 2.36. The number of nitrogens with one attached hydrogen (secondary N) is 1. The van der Waals surface area contributed by atoms with Crippen molar-refractivity contribution in [1.82, 2.24) is 10.1 Å². The van der Waals surface area contributed by atoms with Crippen LogP contribution in [-0.2, 0) is 15.6 Å². The Balaban J connectivity index is 0.00000240. The number of benzene rings is 2. The van der Waals surface area contributed by atoms with Crippen molar-refractivity contribution in [1.29, 1.82) is 0 Å². The molecule has 1 fully saturated rings. The molecule has 1 saturated carbocycles. The average Bonchev–Trinajstić information content (AvgIpc) is 3.34. The molecule has 2 aromatic carbocycles. The standard InChI is InChI=1S/C20H22N4O3S.ClH/c1-14-4-8-16(9-5-14)24-28(25,26)17-10-6-15(7-11-17)18-22-19(23-27-18)20(21)12-2-3-13-20;/h4-11,24H,2-3,12-13,21H2,1H3;1H. The fourth-order valence-electron chi connectivity index (χ4n) is 3.38. The lowest BCUT2D eigenvalue weighted by Crippen LogP contribution is -2.34. The molecule has 0 radical (unpaired) electrons. The Morgan fingerprint density at radius 1 is 1.03 bits per heavy atom. The Kier molecular flexibility index (Phi) is 5.97. The molecule has 7 nitrogen and oxygen atoms in total. The topological polar surface area (TPSA) is 111 Å². The van der Waals surface area contributed by atoms with E-state index in [4.69, 9.17) is 10.3 Å². The molecule has 154 valence electrons. The van der Waals surface area contributed by atoms with Gasteiger partial charge in [0, 0.05) is 11.3 Å². The summed E-state index contributed by atoms with van der Waals surface area (Å²) < 4.78 is 33.1. The number of hydrogen-bond donors (Lipinski definition) is 2. The van der Waals surface area contributed by atoms with Gasteiger partial charge in [-0.15, -0.1) is 12.4 Å². The summed E-state index contributed by atoms with van der Waals surface area (Å²) in [6.07, 6.45) is 3.80. The Morgan fingerprint density at radius 3 is 2.28 bits per heavy atom. The summed E-state index contributed by atoms with van der Waals surface area (Å²) in [6.45, 7) is 1.94. The van der Waals surface area contributed by atoms with Gasteiger partial charge in [-0.25, -0.2) is 8.42 Å². The van der Waals surface area contributed by atoms with Crippen LogP contribution in [0.3, 0.4) is 0 Å². The second-order valence-electron chi connectivity index (χ2n) is 7.28. The summed E-state index contributed by atoms with van der Waals surface area (Å²) in [4.78, 5) is 4.59. The van der Waals surface area contributed by atoms with Gasteiger partial charge in [-0.1, -0.05) is 35.7 Å². The van der Waals surface area contributed by atoms with Gasteiger partial charge in [-0.2, -0.15) is 4.98 Å². The van der Waals surface area contributed by atoms with Crippen molar-refractivity contribution in [3.63, 3.8) is 0 Å². The minimum absolute atomic E-state index is 0. The van der Waals surface area contributed by atoms with E-state index in [1.165, 1.54) is 12.1 Å². The summed E-state index contributed by atoms with van der Waals surface area (Å²) in [7, 11) is -3.68. The van der Waals surface area contributed by atoms with Crippen molar-refractivity contribution < 1.29 is 12.9 Å². The number of aromatic nitrogens is 2.